The molecule has 21 heavy (non-hydrogen) atoms. The molecule has 0 spiro atoms. The first-order valence-corrected chi connectivity index (χ1v) is 8.37. The van der Waals surface area contributed by atoms with Crippen molar-refractivity contribution in [3.05, 3.63) is 71.8 Å². The summed E-state index contributed by atoms with van der Waals surface area (Å²) < 4.78 is 33.5. The Balaban J connectivity index is 2.07. The third kappa shape index (κ3) is 5.28. The molecule has 1 N–H and O–H groups in total. The summed E-state index contributed by atoms with van der Waals surface area (Å²) in [7, 11) is -4.39. The van der Waals surface area contributed by atoms with Crippen molar-refractivity contribution in [3.63, 3.8) is 0 Å². The van der Waals surface area contributed by atoms with Crippen LogP contribution in [0.2, 0.25) is 0 Å². The van der Waals surface area contributed by atoms with Gasteiger partial charge in [-0.05, 0) is 24.1 Å². The number of halogens is 1. The summed E-state index contributed by atoms with van der Waals surface area (Å²) in [6.07, 6.45) is 0.245. The molecular formula is C16H18FNO2S. The minimum absolute atomic E-state index is 0.0327. The van der Waals surface area contributed by atoms with Crippen LogP contribution >= 0.6 is 0 Å². The van der Waals surface area contributed by atoms with Gasteiger partial charge in [-0.25, -0.2) is 0 Å². The normalized spacial score (nSPS) is 11.7. The quantitative estimate of drug-likeness (QED) is 0.632. The van der Waals surface area contributed by atoms with Crippen LogP contribution in [0.15, 0.2) is 60.7 Å². The van der Waals surface area contributed by atoms with Crippen LogP contribution in [-0.4, -0.2) is 20.7 Å². The van der Waals surface area contributed by atoms with Gasteiger partial charge in [-0.15, -0.1) is 3.89 Å². The summed E-state index contributed by atoms with van der Waals surface area (Å²) in [6, 6.07) is 19.7. The molecule has 2 rings (SSSR count). The van der Waals surface area contributed by atoms with Crippen LogP contribution in [0.5, 0.6) is 0 Å². The SMILES string of the molecule is O=S(=O)(F)CCCNC(c1ccccc1)c1ccccc1. The van der Waals surface area contributed by atoms with Crippen molar-refractivity contribution in [2.45, 2.75) is 12.5 Å². The van der Waals surface area contributed by atoms with Crippen LogP contribution in [0.1, 0.15) is 23.6 Å². The van der Waals surface area contributed by atoms with Crippen molar-refractivity contribution in [1.82, 2.24) is 5.32 Å². The highest BCUT2D eigenvalue weighted by Gasteiger charge is 2.13. The van der Waals surface area contributed by atoms with E-state index in [1.807, 2.05) is 60.7 Å². The second-order valence-electron chi connectivity index (χ2n) is 4.81. The van der Waals surface area contributed by atoms with Crippen molar-refractivity contribution in [1.29, 1.82) is 0 Å². The predicted molar refractivity (Wildman–Crippen MR) is 82.2 cm³/mol. The van der Waals surface area contributed by atoms with Gasteiger partial charge in [0.25, 0.3) is 0 Å². The highest BCUT2D eigenvalue weighted by Crippen LogP contribution is 2.21. The van der Waals surface area contributed by atoms with Crippen molar-refractivity contribution < 1.29 is 12.3 Å². The van der Waals surface area contributed by atoms with E-state index in [9.17, 15) is 12.3 Å². The summed E-state index contributed by atoms with van der Waals surface area (Å²) >= 11 is 0. The van der Waals surface area contributed by atoms with E-state index < -0.39 is 16.0 Å². The molecule has 0 saturated carbocycles. The van der Waals surface area contributed by atoms with Crippen LogP contribution < -0.4 is 5.32 Å². The average Bonchev–Trinajstić information content (AvgIpc) is 2.48. The van der Waals surface area contributed by atoms with E-state index in [-0.39, 0.29) is 12.5 Å². The Kier molecular flexibility index (Phi) is 5.47. The number of hydrogen-bond donors (Lipinski definition) is 1. The molecule has 0 aliphatic rings. The van der Waals surface area contributed by atoms with Crippen LogP contribution in [0, 0.1) is 0 Å². The summed E-state index contributed by atoms with van der Waals surface area (Å²) in [6.45, 7) is 0.428. The van der Waals surface area contributed by atoms with Gasteiger partial charge in [-0.1, -0.05) is 60.7 Å². The monoisotopic (exact) mass is 307 g/mol. The number of nitrogens with one attached hydrogen (secondary N) is 1. The van der Waals surface area contributed by atoms with Gasteiger partial charge in [0.2, 0.25) is 0 Å². The topological polar surface area (TPSA) is 46.2 Å². The van der Waals surface area contributed by atoms with E-state index in [4.69, 9.17) is 0 Å². The third-order valence-electron chi connectivity index (χ3n) is 3.18. The molecule has 0 heterocycles. The molecule has 2 aromatic rings. The van der Waals surface area contributed by atoms with Crippen molar-refractivity contribution >= 4 is 10.2 Å². The van der Waals surface area contributed by atoms with Crippen LogP contribution in [0.3, 0.4) is 0 Å². The summed E-state index contributed by atoms with van der Waals surface area (Å²) in [5.74, 6) is -0.448. The maximum atomic E-state index is 12.5. The first-order valence-electron chi connectivity index (χ1n) is 6.82. The summed E-state index contributed by atoms with van der Waals surface area (Å²) in [5.41, 5.74) is 2.18. The van der Waals surface area contributed by atoms with Gasteiger partial charge in [0, 0.05) is 0 Å². The number of benzene rings is 2. The molecule has 0 aliphatic carbocycles. The average molecular weight is 307 g/mol. The molecule has 5 heteroatoms. The van der Waals surface area contributed by atoms with Crippen molar-refractivity contribution in [2.24, 2.45) is 0 Å². The Labute approximate surface area is 125 Å². The molecule has 2 aromatic carbocycles. The first kappa shape index (κ1) is 15.7. The van der Waals surface area contributed by atoms with Gasteiger partial charge in [-0.2, -0.15) is 8.42 Å². The summed E-state index contributed by atoms with van der Waals surface area (Å²) in [5, 5.41) is 3.29. The van der Waals surface area contributed by atoms with Gasteiger partial charge < -0.3 is 5.32 Å². The van der Waals surface area contributed by atoms with E-state index in [1.165, 1.54) is 0 Å². The maximum Gasteiger partial charge on any atom is 0.302 e. The molecule has 0 amide bonds. The highest BCUT2D eigenvalue weighted by atomic mass is 32.3. The smallest absolute Gasteiger partial charge is 0.302 e. The van der Waals surface area contributed by atoms with Gasteiger partial charge >= 0.3 is 10.2 Å². The van der Waals surface area contributed by atoms with Crippen LogP contribution in [0.25, 0.3) is 0 Å². The summed E-state index contributed by atoms with van der Waals surface area (Å²) in [4.78, 5) is 0. The number of rotatable bonds is 7. The fraction of sp³-hybridized carbons (Fsp3) is 0.250. The van der Waals surface area contributed by atoms with E-state index in [1.54, 1.807) is 0 Å². The molecule has 0 fully saturated rings. The van der Waals surface area contributed by atoms with Crippen molar-refractivity contribution in [2.75, 3.05) is 12.3 Å². The van der Waals surface area contributed by atoms with Gasteiger partial charge in [0.05, 0.1) is 11.8 Å². The molecule has 0 unspecified atom stereocenters. The first-order chi connectivity index (χ1) is 10.1. The Morgan fingerprint density at radius 1 is 0.905 bits per heavy atom. The zero-order chi connectivity index (χ0) is 15.1. The standard InChI is InChI=1S/C16H18FNO2S/c17-21(19,20)13-7-12-18-16(14-8-3-1-4-9-14)15-10-5-2-6-11-15/h1-6,8-11,16,18H,7,12-13H2. The van der Waals surface area contributed by atoms with E-state index in [2.05, 4.69) is 5.32 Å². The zero-order valence-electron chi connectivity index (χ0n) is 11.6. The molecule has 3 nitrogen and oxygen atoms in total. The molecule has 0 saturated heterocycles. The van der Waals surface area contributed by atoms with Crippen molar-refractivity contribution in [3.8, 4) is 0 Å². The molecule has 0 aliphatic heterocycles. The fourth-order valence-electron chi connectivity index (χ4n) is 2.21. The largest absolute Gasteiger partial charge is 0.306 e. The Morgan fingerprint density at radius 2 is 1.38 bits per heavy atom. The molecule has 112 valence electrons. The molecule has 0 bridgehead atoms. The van der Waals surface area contributed by atoms with E-state index >= 15 is 0 Å². The second kappa shape index (κ2) is 7.33. The lowest BCUT2D eigenvalue weighted by atomic mass is 9.99. The lowest BCUT2D eigenvalue weighted by Crippen LogP contribution is -2.24. The Hall–Kier alpha value is -1.72. The second-order valence-corrected chi connectivity index (χ2v) is 6.29. The fourth-order valence-corrected chi connectivity index (χ4v) is 2.70. The van der Waals surface area contributed by atoms with E-state index in [0.29, 0.717) is 6.54 Å². The van der Waals surface area contributed by atoms with E-state index in [0.717, 1.165) is 11.1 Å². The minimum Gasteiger partial charge on any atom is -0.306 e. The van der Waals surface area contributed by atoms with Crippen LogP contribution in [0.4, 0.5) is 3.89 Å². The highest BCUT2D eigenvalue weighted by molar-refractivity contribution is 7.86. The Morgan fingerprint density at radius 3 is 1.81 bits per heavy atom. The van der Waals surface area contributed by atoms with Gasteiger partial charge in [-0.3, -0.25) is 0 Å². The maximum absolute atomic E-state index is 12.5. The van der Waals surface area contributed by atoms with Gasteiger partial charge in [0.15, 0.2) is 0 Å². The third-order valence-corrected chi connectivity index (χ3v) is 3.96. The molecular weight excluding hydrogens is 289 g/mol. The molecule has 0 aromatic heterocycles. The lowest BCUT2D eigenvalue weighted by Gasteiger charge is -2.19. The predicted octanol–water partition coefficient (Wildman–Crippen LogP) is 3.06. The number of hydrogen-bond acceptors (Lipinski definition) is 3. The minimum atomic E-state index is -4.39. The molecule has 0 atom stereocenters. The van der Waals surface area contributed by atoms with Gasteiger partial charge in [0.1, 0.15) is 0 Å². The van der Waals surface area contributed by atoms with Crippen LogP contribution in [-0.2, 0) is 10.2 Å². The molecule has 0 radical (unpaired) electrons. The Bertz CT molecular complexity index is 605. The lowest BCUT2D eigenvalue weighted by molar-refractivity contribution is 0.541. The zero-order valence-corrected chi connectivity index (χ0v) is 12.4.